The maximum absolute atomic E-state index is 13.4. The van der Waals surface area contributed by atoms with E-state index in [1.807, 2.05) is 0 Å². The van der Waals surface area contributed by atoms with E-state index in [2.05, 4.69) is 5.32 Å². The summed E-state index contributed by atoms with van der Waals surface area (Å²) < 4.78 is 14.0. The van der Waals surface area contributed by atoms with Gasteiger partial charge in [-0.25, -0.2) is 4.39 Å². The van der Waals surface area contributed by atoms with Crippen LogP contribution in [0.25, 0.3) is 10.1 Å². The van der Waals surface area contributed by atoms with Crippen LogP contribution in [0.5, 0.6) is 0 Å². The Labute approximate surface area is 158 Å². The van der Waals surface area contributed by atoms with Gasteiger partial charge in [-0.05, 0) is 48.9 Å². The van der Waals surface area contributed by atoms with Gasteiger partial charge in [-0.3, -0.25) is 9.59 Å². The van der Waals surface area contributed by atoms with E-state index in [0.717, 1.165) is 30.0 Å². The Morgan fingerprint density at radius 3 is 2.65 bits per heavy atom. The Morgan fingerprint density at radius 2 is 1.96 bits per heavy atom. The van der Waals surface area contributed by atoms with Gasteiger partial charge in [0.05, 0.1) is 5.02 Å². The predicted molar refractivity (Wildman–Crippen MR) is 103 cm³/mol. The number of halogens is 2. The van der Waals surface area contributed by atoms with Gasteiger partial charge in [0.2, 0.25) is 5.91 Å². The number of nitrogens with zero attached hydrogens (tertiary/aromatic N) is 1. The molecule has 0 radical (unpaired) electrons. The predicted octanol–water partition coefficient (Wildman–Crippen LogP) is 5.07. The number of hydrogen-bond acceptors (Lipinski definition) is 3. The molecule has 1 aliphatic heterocycles. The van der Waals surface area contributed by atoms with E-state index in [9.17, 15) is 14.0 Å². The average Bonchev–Trinajstić information content (AvgIpc) is 3.19. The molecule has 0 spiro atoms. The lowest BCUT2D eigenvalue weighted by molar-refractivity contribution is -0.117. The molecule has 1 aromatic heterocycles. The molecule has 132 valence electrons. The van der Waals surface area contributed by atoms with Crippen LogP contribution in [0.2, 0.25) is 5.02 Å². The average molecular weight is 389 g/mol. The lowest BCUT2D eigenvalue weighted by Crippen LogP contribution is -2.23. The van der Waals surface area contributed by atoms with Gasteiger partial charge in [0.1, 0.15) is 10.7 Å². The highest BCUT2D eigenvalue weighted by Gasteiger charge is 2.22. The molecule has 3 aromatic rings. The number of fused-ring (bicyclic) bond motifs is 1. The van der Waals surface area contributed by atoms with Crippen molar-refractivity contribution in [2.45, 2.75) is 12.8 Å². The van der Waals surface area contributed by atoms with Crippen LogP contribution in [-0.2, 0) is 4.79 Å². The Hall–Kier alpha value is -2.44. The highest BCUT2D eigenvalue weighted by molar-refractivity contribution is 7.21. The summed E-state index contributed by atoms with van der Waals surface area (Å²) in [6.07, 6.45) is 1.44. The molecule has 1 saturated heterocycles. The van der Waals surface area contributed by atoms with Crippen LogP contribution in [-0.4, -0.2) is 18.4 Å². The number of rotatable bonds is 3. The standard InChI is InChI=1S/C19H14ClFN2O2S/c20-17-14-8-3-11(21)10-15(14)26-18(17)19(25)22-12-4-6-13(7-5-12)23-9-1-2-16(23)24/h3-8,10H,1-2,9H2,(H,22,25). The van der Waals surface area contributed by atoms with E-state index >= 15 is 0 Å². The van der Waals surface area contributed by atoms with Crippen LogP contribution >= 0.6 is 22.9 Å². The van der Waals surface area contributed by atoms with Crippen molar-refractivity contribution in [2.75, 3.05) is 16.8 Å². The zero-order chi connectivity index (χ0) is 18.3. The zero-order valence-corrected chi connectivity index (χ0v) is 15.2. The molecule has 2 aromatic carbocycles. The summed E-state index contributed by atoms with van der Waals surface area (Å²) in [4.78, 5) is 26.4. The van der Waals surface area contributed by atoms with Gasteiger partial charge in [-0.1, -0.05) is 11.6 Å². The molecule has 1 aliphatic rings. The molecular weight excluding hydrogens is 375 g/mol. The SMILES string of the molecule is O=C(Nc1ccc(N2CCCC2=O)cc1)c1sc2cc(F)ccc2c1Cl. The van der Waals surface area contributed by atoms with Crippen LogP contribution < -0.4 is 10.2 Å². The number of nitrogens with one attached hydrogen (secondary N) is 1. The first-order chi connectivity index (χ1) is 12.5. The summed E-state index contributed by atoms with van der Waals surface area (Å²) in [5.41, 5.74) is 1.42. The molecular formula is C19H14ClFN2O2S. The summed E-state index contributed by atoms with van der Waals surface area (Å²) in [7, 11) is 0. The van der Waals surface area contributed by atoms with Crippen LogP contribution in [0.3, 0.4) is 0 Å². The van der Waals surface area contributed by atoms with Crippen LogP contribution in [0.1, 0.15) is 22.5 Å². The molecule has 26 heavy (non-hydrogen) atoms. The molecule has 1 fully saturated rings. The van der Waals surface area contributed by atoms with Crippen molar-refractivity contribution in [1.29, 1.82) is 0 Å². The number of thiophene rings is 1. The molecule has 0 bridgehead atoms. The molecule has 4 rings (SSSR count). The first-order valence-electron chi connectivity index (χ1n) is 8.12. The number of benzene rings is 2. The van der Waals surface area contributed by atoms with Gasteiger partial charge in [-0.15, -0.1) is 11.3 Å². The fraction of sp³-hybridized carbons (Fsp3) is 0.158. The molecule has 2 heterocycles. The van der Waals surface area contributed by atoms with Gasteiger partial charge in [0, 0.05) is 34.4 Å². The quantitative estimate of drug-likeness (QED) is 0.680. The van der Waals surface area contributed by atoms with Crippen molar-refractivity contribution in [1.82, 2.24) is 0 Å². The van der Waals surface area contributed by atoms with E-state index in [1.165, 1.54) is 12.1 Å². The van der Waals surface area contributed by atoms with E-state index in [1.54, 1.807) is 35.2 Å². The second-order valence-electron chi connectivity index (χ2n) is 6.04. The second-order valence-corrected chi connectivity index (χ2v) is 7.47. The second kappa shape index (κ2) is 6.70. The van der Waals surface area contributed by atoms with Crippen molar-refractivity contribution in [3.8, 4) is 0 Å². The van der Waals surface area contributed by atoms with Crippen molar-refractivity contribution in [2.24, 2.45) is 0 Å². The molecule has 1 N–H and O–H groups in total. The van der Waals surface area contributed by atoms with E-state index in [4.69, 9.17) is 11.6 Å². The molecule has 7 heteroatoms. The Balaban J connectivity index is 1.55. The monoisotopic (exact) mass is 388 g/mol. The number of hydrogen-bond donors (Lipinski definition) is 1. The largest absolute Gasteiger partial charge is 0.321 e. The van der Waals surface area contributed by atoms with Crippen LogP contribution in [0.4, 0.5) is 15.8 Å². The minimum Gasteiger partial charge on any atom is -0.321 e. The van der Waals surface area contributed by atoms with Crippen molar-refractivity contribution in [3.05, 3.63) is 58.2 Å². The van der Waals surface area contributed by atoms with Gasteiger partial charge < -0.3 is 10.2 Å². The fourth-order valence-electron chi connectivity index (χ4n) is 3.02. The van der Waals surface area contributed by atoms with Gasteiger partial charge in [0.25, 0.3) is 5.91 Å². The summed E-state index contributed by atoms with van der Waals surface area (Å²) in [5.74, 6) is -0.595. The number of carbonyl (C=O) groups excluding carboxylic acids is 2. The van der Waals surface area contributed by atoms with E-state index < -0.39 is 0 Å². The summed E-state index contributed by atoms with van der Waals surface area (Å²) >= 11 is 7.43. The molecule has 0 unspecified atom stereocenters. The number of anilines is 2. The summed E-state index contributed by atoms with van der Waals surface area (Å²) in [6.45, 7) is 0.721. The van der Waals surface area contributed by atoms with Gasteiger partial charge >= 0.3 is 0 Å². The van der Waals surface area contributed by atoms with Gasteiger partial charge in [0.15, 0.2) is 0 Å². The minimum atomic E-state index is -0.366. The fourth-order valence-corrected chi connectivity index (χ4v) is 4.46. The lowest BCUT2D eigenvalue weighted by Gasteiger charge is -2.16. The third kappa shape index (κ3) is 3.06. The summed E-state index contributed by atoms with van der Waals surface area (Å²) in [6, 6.07) is 11.4. The maximum Gasteiger partial charge on any atom is 0.267 e. The van der Waals surface area contributed by atoms with Crippen LogP contribution in [0, 0.1) is 5.82 Å². The highest BCUT2D eigenvalue weighted by Crippen LogP contribution is 2.36. The van der Waals surface area contributed by atoms with Crippen molar-refractivity contribution in [3.63, 3.8) is 0 Å². The Bertz CT molecular complexity index is 1020. The smallest absolute Gasteiger partial charge is 0.267 e. The highest BCUT2D eigenvalue weighted by atomic mass is 35.5. The van der Waals surface area contributed by atoms with Crippen LogP contribution in [0.15, 0.2) is 42.5 Å². The van der Waals surface area contributed by atoms with E-state index in [0.29, 0.717) is 32.1 Å². The van der Waals surface area contributed by atoms with Crippen molar-refractivity contribution < 1.29 is 14.0 Å². The first kappa shape index (κ1) is 17.0. The lowest BCUT2D eigenvalue weighted by atomic mass is 10.2. The molecule has 2 amide bonds. The van der Waals surface area contributed by atoms with Gasteiger partial charge in [-0.2, -0.15) is 0 Å². The molecule has 0 aliphatic carbocycles. The third-order valence-electron chi connectivity index (χ3n) is 4.31. The van der Waals surface area contributed by atoms with Crippen molar-refractivity contribution >= 4 is 56.2 Å². The first-order valence-corrected chi connectivity index (χ1v) is 9.32. The van der Waals surface area contributed by atoms with E-state index in [-0.39, 0.29) is 17.6 Å². The minimum absolute atomic E-state index is 0.117. The zero-order valence-electron chi connectivity index (χ0n) is 13.6. The topological polar surface area (TPSA) is 49.4 Å². The molecule has 4 nitrogen and oxygen atoms in total. The molecule has 0 saturated carbocycles. The Kier molecular flexibility index (Phi) is 4.38. The summed E-state index contributed by atoms with van der Waals surface area (Å²) in [5, 5.41) is 3.77. The maximum atomic E-state index is 13.4. The number of carbonyl (C=O) groups is 2. The third-order valence-corrected chi connectivity index (χ3v) is 5.96. The number of amides is 2. The Morgan fingerprint density at radius 1 is 1.19 bits per heavy atom. The normalized spacial score (nSPS) is 14.2. The molecule has 0 atom stereocenters.